The number of nitriles is 1. The molecular weight excluding hydrogens is 1070 g/mol. The number of halogens is 2. The Kier molecular flexibility index (Phi) is 13.0. The number of para-hydroxylation sites is 2. The second-order valence-corrected chi connectivity index (χ2v) is 18.8. The van der Waals surface area contributed by atoms with Crippen molar-refractivity contribution in [2.45, 2.75) is 39.5 Å². The average Bonchev–Trinajstić information content (AvgIpc) is 3.88. The molecule has 0 unspecified atom stereocenters. The summed E-state index contributed by atoms with van der Waals surface area (Å²) >= 11 is -0.744. The van der Waals surface area contributed by atoms with Crippen LogP contribution in [0.1, 0.15) is 56.2 Å². The summed E-state index contributed by atoms with van der Waals surface area (Å²) < 4.78 is 30.9. The molecule has 311 valence electrons. The largest absolute Gasteiger partial charge is 0.305 e. The minimum Gasteiger partial charge on any atom is -0.305 e. The average molecular weight is 1110 g/mol. The van der Waals surface area contributed by atoms with Crippen molar-refractivity contribution in [3.05, 3.63) is 198 Å². The van der Waals surface area contributed by atoms with Gasteiger partial charge in [0.2, 0.25) is 0 Å². The maximum Gasteiger partial charge on any atom is 0.0408 e. The molecule has 0 N–H and O–H groups in total. The Morgan fingerprint density at radius 2 is 1.33 bits per heavy atom. The number of rotatable bonds is 7. The molecule has 0 spiro atoms. The molecule has 63 heavy (non-hydrogen) atoms. The van der Waals surface area contributed by atoms with Gasteiger partial charge in [-0.1, -0.05) is 54.1 Å². The molecule has 0 saturated carbocycles. The van der Waals surface area contributed by atoms with E-state index in [1.807, 2.05) is 12.1 Å². The van der Waals surface area contributed by atoms with Crippen LogP contribution >= 0.6 is 0 Å². The third-order valence-electron chi connectivity index (χ3n) is 11.1. The van der Waals surface area contributed by atoms with Gasteiger partial charge < -0.3 is 4.98 Å². The van der Waals surface area contributed by atoms with Crippen molar-refractivity contribution in [1.82, 2.24) is 14.5 Å². The number of imidazole rings is 1. The summed E-state index contributed by atoms with van der Waals surface area (Å²) in [5.74, 6) is 0.215. The maximum absolute atomic E-state index is 13.2. The van der Waals surface area contributed by atoms with Crippen molar-refractivity contribution < 1.29 is 28.9 Å². The van der Waals surface area contributed by atoms with Crippen LogP contribution in [-0.4, -0.2) is 35.0 Å². The Bertz CT molecular complexity index is 3250. The van der Waals surface area contributed by atoms with E-state index in [-0.39, 0.29) is 37.5 Å². The van der Waals surface area contributed by atoms with Gasteiger partial charge in [0.1, 0.15) is 0 Å². The molecular formula is C55H40F2IrN4Te-2. The molecule has 0 saturated heterocycles. The number of nitrogens with zero attached hydrogens (tertiary/aromatic N) is 4. The van der Waals surface area contributed by atoms with E-state index < -0.39 is 32.1 Å². The van der Waals surface area contributed by atoms with Gasteiger partial charge in [-0.05, 0) is 17.3 Å². The van der Waals surface area contributed by atoms with Gasteiger partial charge in [-0.2, -0.15) is 0 Å². The van der Waals surface area contributed by atoms with Crippen molar-refractivity contribution in [2.24, 2.45) is 0 Å². The third-order valence-corrected chi connectivity index (χ3v) is 14.5. The van der Waals surface area contributed by atoms with Crippen LogP contribution in [0.25, 0.3) is 79.2 Å². The van der Waals surface area contributed by atoms with Crippen LogP contribution in [0.5, 0.6) is 0 Å². The molecule has 0 amide bonds. The molecule has 4 nitrogen and oxygen atoms in total. The number of fused-ring (bicyclic) bond motifs is 4. The first kappa shape index (κ1) is 43.6. The molecule has 0 aliphatic heterocycles. The van der Waals surface area contributed by atoms with Gasteiger partial charge in [-0.3, -0.25) is 8.78 Å². The summed E-state index contributed by atoms with van der Waals surface area (Å²) in [4.78, 5) is 9.30. The zero-order chi connectivity index (χ0) is 42.9. The van der Waals surface area contributed by atoms with Gasteiger partial charge in [0, 0.05) is 37.9 Å². The predicted molar refractivity (Wildman–Crippen MR) is 249 cm³/mol. The molecule has 3 aromatic heterocycles. The molecule has 1 radical (unpaired) electrons. The summed E-state index contributed by atoms with van der Waals surface area (Å²) in [6.07, 6.45) is 1.55. The van der Waals surface area contributed by atoms with Gasteiger partial charge in [-0.25, -0.2) is 0 Å². The Morgan fingerprint density at radius 3 is 2.00 bits per heavy atom. The van der Waals surface area contributed by atoms with Crippen LogP contribution in [-0.2, 0) is 20.1 Å². The molecule has 0 bridgehead atoms. The maximum atomic E-state index is 13.2. The van der Waals surface area contributed by atoms with E-state index in [0.717, 1.165) is 40.1 Å². The molecule has 0 atom stereocenters. The second kappa shape index (κ2) is 18.7. The van der Waals surface area contributed by atoms with E-state index in [4.69, 9.17) is 4.98 Å². The first-order chi connectivity index (χ1) is 30.2. The van der Waals surface area contributed by atoms with E-state index >= 15 is 0 Å². The van der Waals surface area contributed by atoms with Crippen molar-refractivity contribution in [3.8, 4) is 56.7 Å². The number of pyridine rings is 1. The summed E-state index contributed by atoms with van der Waals surface area (Å²) in [6.45, 7) is 9.19. The quantitative estimate of drug-likeness (QED) is 0.118. The predicted octanol–water partition coefficient (Wildman–Crippen LogP) is 14.1. The normalized spacial score (nSPS) is 11.2. The fourth-order valence-corrected chi connectivity index (χ4v) is 11.5. The summed E-state index contributed by atoms with van der Waals surface area (Å²) in [6, 6.07) is 58.7. The van der Waals surface area contributed by atoms with Gasteiger partial charge in [-0.15, -0.1) is 12.1 Å². The van der Waals surface area contributed by atoms with Gasteiger partial charge in [0.25, 0.3) is 0 Å². The summed E-state index contributed by atoms with van der Waals surface area (Å²) in [5, 5.41) is 12.1. The standard InChI is InChI=1S/C44H34N3Te.C11H6F2N.Ir/c1-27(2)37-24-33(32-20-18-31(19-21-32)30-11-6-5-7-12-30)25-38(28(3)4)42(37)47-40-16-9-8-15-39(40)46-44(47)36-14-10-13-35-34-22-17-29(26-45)23-41(34)48-43(35)36;12-8-4-5-9(10(13)7-8)11-3-1-2-6-14-11;/h5-13,15-25,27-28H,1-4H3;1-4,6-7H;/q2*-1;. The van der Waals surface area contributed by atoms with Crippen molar-refractivity contribution in [1.29, 1.82) is 5.26 Å². The zero-order valence-electron chi connectivity index (χ0n) is 35.0. The van der Waals surface area contributed by atoms with E-state index in [1.165, 1.54) is 56.6 Å². The minimum atomic E-state index is -0.744. The van der Waals surface area contributed by atoms with Crippen LogP contribution < -0.4 is 0 Å². The molecule has 3 heterocycles. The van der Waals surface area contributed by atoms with Crippen LogP contribution in [0.4, 0.5) is 8.78 Å². The first-order valence-corrected chi connectivity index (χ1v) is 22.9. The molecule has 0 aliphatic rings. The van der Waals surface area contributed by atoms with Crippen LogP contribution in [0.15, 0.2) is 158 Å². The van der Waals surface area contributed by atoms with E-state index in [0.29, 0.717) is 5.69 Å². The van der Waals surface area contributed by atoms with Crippen molar-refractivity contribution in [3.63, 3.8) is 0 Å². The minimum absolute atomic E-state index is 0. The Morgan fingerprint density at radius 1 is 0.667 bits per heavy atom. The SMILES string of the molecule is CC(C)c1cc(-c2ccc(-c3ccccc3)cc2)cc(C(C)C)c1-n1c(-c2[c-]ccc3c2[te]c2cc(C#N)ccc23)nc2ccccc21.Fc1c[c-]c(-c2ccccn2)c(F)c1.[Ir]. The van der Waals surface area contributed by atoms with Gasteiger partial charge in [0.15, 0.2) is 0 Å². The molecule has 10 rings (SSSR count). The zero-order valence-corrected chi connectivity index (χ0v) is 39.7. The number of aromatic nitrogens is 3. The summed E-state index contributed by atoms with van der Waals surface area (Å²) in [5.41, 5.74) is 13.3. The number of hydrogen-bond acceptors (Lipinski definition) is 3. The Labute approximate surface area is 389 Å². The van der Waals surface area contributed by atoms with E-state index in [9.17, 15) is 14.0 Å². The fraction of sp³-hybridized carbons (Fsp3) is 0.109. The van der Waals surface area contributed by atoms with Crippen LogP contribution in [0.2, 0.25) is 0 Å². The Hall–Kier alpha value is -6.05. The van der Waals surface area contributed by atoms with Gasteiger partial charge in [0.05, 0.1) is 0 Å². The summed E-state index contributed by atoms with van der Waals surface area (Å²) in [7, 11) is 0. The van der Waals surface area contributed by atoms with Crippen LogP contribution in [0, 0.1) is 35.1 Å². The second-order valence-electron chi connectivity index (χ2n) is 15.8. The van der Waals surface area contributed by atoms with E-state index in [1.54, 1.807) is 24.4 Å². The molecule has 7 aromatic carbocycles. The fourth-order valence-electron chi connectivity index (χ4n) is 8.02. The van der Waals surface area contributed by atoms with Crippen molar-refractivity contribution in [2.75, 3.05) is 0 Å². The van der Waals surface area contributed by atoms with Crippen molar-refractivity contribution >= 4 is 49.0 Å². The van der Waals surface area contributed by atoms with E-state index in [2.05, 4.69) is 165 Å². The van der Waals surface area contributed by atoms with Crippen LogP contribution in [0.3, 0.4) is 0 Å². The number of benzene rings is 7. The first-order valence-electron chi connectivity index (χ1n) is 20.6. The monoisotopic (exact) mass is 1120 g/mol. The Balaban J connectivity index is 0.000000309. The molecule has 0 fully saturated rings. The van der Waals surface area contributed by atoms with Gasteiger partial charge >= 0.3 is 257 Å². The smallest absolute Gasteiger partial charge is 0.0408 e. The number of hydrogen-bond donors (Lipinski definition) is 0. The third kappa shape index (κ3) is 8.68. The molecule has 8 heteroatoms. The molecule has 10 aromatic rings. The molecule has 0 aliphatic carbocycles. The topological polar surface area (TPSA) is 54.5 Å².